The van der Waals surface area contributed by atoms with Crippen LogP contribution in [-0.2, 0) is 9.09 Å². The zero-order valence-electron chi connectivity index (χ0n) is 17.5. The summed E-state index contributed by atoms with van der Waals surface area (Å²) < 4.78 is 15.4. The van der Waals surface area contributed by atoms with Crippen LogP contribution >= 0.6 is 7.82 Å². The Kier molecular flexibility index (Phi) is 22.7. The van der Waals surface area contributed by atoms with Gasteiger partial charge in [-0.3, -0.25) is 4.52 Å². The van der Waals surface area contributed by atoms with Gasteiger partial charge in [0.05, 0.1) is 12.7 Å². The van der Waals surface area contributed by atoms with Crippen LogP contribution in [0.3, 0.4) is 0 Å². The Balaban J connectivity index is 0. The average Bonchev–Trinajstić information content (AvgIpc) is 2.59. The number of phosphoric acid groups is 1. The minimum absolute atomic E-state index is 0. The molecule has 0 saturated heterocycles. The van der Waals surface area contributed by atoms with E-state index in [-0.39, 0.29) is 29.6 Å². The molecule has 0 aliphatic heterocycles. The number of phosphoric ester groups is 1. The predicted molar refractivity (Wildman–Crippen MR) is 111 cm³/mol. The smallest absolute Gasteiger partial charge is 0.394 e. The van der Waals surface area contributed by atoms with E-state index < -0.39 is 26.6 Å². The fourth-order valence-electron chi connectivity index (χ4n) is 3.15. The van der Waals surface area contributed by atoms with Crippen LogP contribution in [0.5, 0.6) is 0 Å². The van der Waals surface area contributed by atoms with Gasteiger partial charge in [-0.05, 0) is 6.42 Å². The Morgan fingerprint density at radius 3 is 1.48 bits per heavy atom. The van der Waals surface area contributed by atoms with Crippen molar-refractivity contribution in [1.29, 1.82) is 0 Å². The van der Waals surface area contributed by atoms with Gasteiger partial charge in [0.25, 0.3) is 0 Å². The summed E-state index contributed by atoms with van der Waals surface area (Å²) in [5.41, 5.74) is 0. The van der Waals surface area contributed by atoms with Crippen molar-refractivity contribution < 1.29 is 29.1 Å². The second-order valence-electron chi connectivity index (χ2n) is 7.27. The van der Waals surface area contributed by atoms with Crippen LogP contribution in [0.2, 0.25) is 0 Å². The molecular formula is C19H41NaO6P. The second kappa shape index (κ2) is 20.3. The summed E-state index contributed by atoms with van der Waals surface area (Å²) in [6.45, 7) is 1.68. The Bertz CT molecular complexity index is 353. The van der Waals surface area contributed by atoms with Crippen molar-refractivity contribution in [2.24, 2.45) is 0 Å². The number of unbranched alkanes of at least 4 members (excludes halogenated alkanes) is 13. The number of aliphatic hydroxyl groups excluding tert-OH is 2. The summed E-state index contributed by atoms with van der Waals surface area (Å²) in [6, 6.07) is 0. The molecule has 4 N–H and O–H groups in total. The molecule has 0 saturated carbocycles. The van der Waals surface area contributed by atoms with Crippen molar-refractivity contribution in [2.75, 3.05) is 6.61 Å². The molecule has 0 aromatic heterocycles. The van der Waals surface area contributed by atoms with E-state index in [1.165, 1.54) is 70.6 Å². The Labute approximate surface area is 188 Å². The molecule has 0 aromatic carbocycles. The van der Waals surface area contributed by atoms with E-state index in [0.717, 1.165) is 19.3 Å². The van der Waals surface area contributed by atoms with E-state index in [1.54, 1.807) is 0 Å². The molecule has 0 aliphatic rings. The molecule has 8 heteroatoms. The first-order chi connectivity index (χ1) is 12.4. The van der Waals surface area contributed by atoms with E-state index in [1.807, 2.05) is 0 Å². The van der Waals surface area contributed by atoms with Gasteiger partial charge in [0.1, 0.15) is 6.10 Å². The van der Waals surface area contributed by atoms with E-state index >= 15 is 0 Å². The molecule has 0 rings (SSSR count). The van der Waals surface area contributed by atoms with Gasteiger partial charge in [-0.2, -0.15) is 0 Å². The van der Waals surface area contributed by atoms with Gasteiger partial charge in [-0.1, -0.05) is 96.8 Å². The molecule has 6 nitrogen and oxygen atoms in total. The summed E-state index contributed by atoms with van der Waals surface area (Å²) in [7, 11) is -4.65. The molecule has 2 unspecified atom stereocenters. The maximum absolute atomic E-state index is 10.9. The molecule has 0 aromatic rings. The third kappa shape index (κ3) is 21.6. The SMILES string of the molecule is CCCCCCCCCCCCCCCCC(OP(=O)(O)O)C(O)CO.[Na]. The van der Waals surface area contributed by atoms with Crippen molar-refractivity contribution in [3.63, 3.8) is 0 Å². The maximum atomic E-state index is 10.9. The number of aliphatic hydroxyl groups is 2. The molecule has 0 amide bonds. The molecule has 0 fully saturated rings. The Morgan fingerprint density at radius 2 is 1.15 bits per heavy atom. The molecule has 0 bridgehead atoms. The van der Waals surface area contributed by atoms with Crippen LogP contribution in [0.25, 0.3) is 0 Å². The molecule has 1 radical (unpaired) electrons. The summed E-state index contributed by atoms with van der Waals surface area (Å²) in [4.78, 5) is 17.7. The normalized spacial score (nSPS) is 14.0. The first-order valence-electron chi connectivity index (χ1n) is 10.4. The fraction of sp³-hybridized carbons (Fsp3) is 1.00. The van der Waals surface area contributed by atoms with E-state index in [9.17, 15) is 9.67 Å². The van der Waals surface area contributed by atoms with E-state index in [2.05, 4.69) is 11.4 Å². The van der Waals surface area contributed by atoms with Crippen LogP contribution in [0.1, 0.15) is 103 Å². The average molecular weight is 419 g/mol. The van der Waals surface area contributed by atoms with Crippen LogP contribution in [0.4, 0.5) is 0 Å². The van der Waals surface area contributed by atoms with E-state index in [4.69, 9.17) is 14.9 Å². The van der Waals surface area contributed by atoms with E-state index in [0.29, 0.717) is 6.42 Å². The van der Waals surface area contributed by atoms with Gasteiger partial charge in [-0.15, -0.1) is 0 Å². The molecule has 2 atom stereocenters. The number of rotatable bonds is 19. The van der Waals surface area contributed by atoms with Gasteiger partial charge in [-0.25, -0.2) is 4.57 Å². The summed E-state index contributed by atoms with van der Waals surface area (Å²) >= 11 is 0. The van der Waals surface area contributed by atoms with Crippen LogP contribution < -0.4 is 0 Å². The third-order valence-corrected chi connectivity index (χ3v) is 5.28. The van der Waals surface area contributed by atoms with Gasteiger partial charge in [0, 0.05) is 29.6 Å². The monoisotopic (exact) mass is 419 g/mol. The molecule has 159 valence electrons. The van der Waals surface area contributed by atoms with Crippen LogP contribution in [-0.4, -0.2) is 68.4 Å². The van der Waals surface area contributed by atoms with Crippen molar-refractivity contribution >= 4 is 37.4 Å². The van der Waals surface area contributed by atoms with Gasteiger partial charge in [0.15, 0.2) is 0 Å². The van der Waals surface area contributed by atoms with Crippen molar-refractivity contribution in [3.8, 4) is 0 Å². The summed E-state index contributed by atoms with van der Waals surface area (Å²) in [5.74, 6) is 0. The van der Waals surface area contributed by atoms with Gasteiger partial charge in [0.2, 0.25) is 0 Å². The third-order valence-electron chi connectivity index (χ3n) is 4.73. The maximum Gasteiger partial charge on any atom is 0.469 e. The predicted octanol–water partition coefficient (Wildman–Crippen LogP) is 4.31. The largest absolute Gasteiger partial charge is 0.469 e. The summed E-state index contributed by atoms with van der Waals surface area (Å²) in [6.07, 6.45) is 15.3. The standard InChI is InChI=1S/C19H41O6P.Na/c1-2-3-4-5-6-7-8-9-10-11-12-13-14-15-16-19(18(21)17-20)25-26(22,23)24;/h18-21H,2-17H2,1H3,(H2,22,23,24);. The quantitative estimate of drug-likeness (QED) is 0.141. The van der Waals surface area contributed by atoms with Crippen molar-refractivity contribution in [3.05, 3.63) is 0 Å². The Morgan fingerprint density at radius 1 is 0.778 bits per heavy atom. The minimum atomic E-state index is -4.65. The first-order valence-corrected chi connectivity index (χ1v) is 12.0. The number of hydrogen-bond donors (Lipinski definition) is 4. The topological polar surface area (TPSA) is 107 Å². The van der Waals surface area contributed by atoms with Crippen LogP contribution in [0, 0.1) is 0 Å². The minimum Gasteiger partial charge on any atom is -0.394 e. The molecule has 0 aliphatic carbocycles. The van der Waals surface area contributed by atoms with Gasteiger partial charge >= 0.3 is 7.82 Å². The van der Waals surface area contributed by atoms with Crippen molar-refractivity contribution in [2.45, 2.75) is 115 Å². The van der Waals surface area contributed by atoms with Gasteiger partial charge < -0.3 is 20.0 Å². The molecule has 0 spiro atoms. The molecular weight excluding hydrogens is 378 g/mol. The Hall–Kier alpha value is 1.03. The number of hydrogen-bond acceptors (Lipinski definition) is 4. The summed E-state index contributed by atoms with van der Waals surface area (Å²) in [5, 5.41) is 18.5. The van der Waals surface area contributed by atoms with Crippen LogP contribution in [0.15, 0.2) is 0 Å². The zero-order valence-corrected chi connectivity index (χ0v) is 20.4. The molecule has 0 heterocycles. The fourth-order valence-corrected chi connectivity index (χ4v) is 3.75. The zero-order chi connectivity index (χ0) is 19.7. The van der Waals surface area contributed by atoms with Crippen molar-refractivity contribution in [1.82, 2.24) is 0 Å². The second-order valence-corrected chi connectivity index (χ2v) is 8.46. The first kappa shape index (κ1) is 30.2. The molecule has 27 heavy (non-hydrogen) atoms.